The molecule has 0 bridgehead atoms. The third-order valence-corrected chi connectivity index (χ3v) is 6.75. The molecule has 0 N–H and O–H groups in total. The second-order valence-corrected chi connectivity index (χ2v) is 8.69. The van der Waals surface area contributed by atoms with Crippen LogP contribution in [0.15, 0.2) is 23.0 Å². The molecule has 146 valence electrons. The summed E-state index contributed by atoms with van der Waals surface area (Å²) in [5.41, 5.74) is 1.23. The molecule has 1 aromatic heterocycles. The van der Waals surface area contributed by atoms with Crippen molar-refractivity contribution in [3.63, 3.8) is 0 Å². The zero-order valence-electron chi connectivity index (χ0n) is 15.7. The number of likely N-dealkylation sites (tertiary alicyclic amines) is 1. The van der Waals surface area contributed by atoms with Gasteiger partial charge in [-0.1, -0.05) is 42.1 Å². The summed E-state index contributed by atoms with van der Waals surface area (Å²) in [5, 5.41) is 5.83. The lowest BCUT2D eigenvalue weighted by Gasteiger charge is -2.32. The molecule has 0 amide bonds. The van der Waals surface area contributed by atoms with Crippen LogP contribution in [-0.2, 0) is 13.6 Å². The molecule has 1 aromatic carbocycles. The number of rotatable bonds is 4. The fraction of sp³-hybridized carbons (Fsp3) is 0.600. The quantitative estimate of drug-likeness (QED) is 0.753. The lowest BCUT2D eigenvalue weighted by Crippen LogP contribution is -2.34. The van der Waals surface area contributed by atoms with Gasteiger partial charge in [0.2, 0.25) is 0 Å². The van der Waals surface area contributed by atoms with Crippen molar-refractivity contribution in [2.75, 3.05) is 13.1 Å². The van der Waals surface area contributed by atoms with E-state index in [1.54, 1.807) is 7.05 Å². The van der Waals surface area contributed by atoms with E-state index in [2.05, 4.69) is 10.00 Å². The van der Waals surface area contributed by atoms with E-state index in [0.717, 1.165) is 51.1 Å². The maximum atomic E-state index is 12.6. The highest BCUT2D eigenvalue weighted by Gasteiger charge is 2.30. The number of hydrogen-bond acceptors (Lipinski definition) is 3. The fourth-order valence-corrected chi connectivity index (χ4v) is 4.85. The smallest absolute Gasteiger partial charge is 0.299 e. The highest BCUT2D eigenvalue weighted by Crippen LogP contribution is 2.34. The Balaban J connectivity index is 1.44. The Hall–Kier alpha value is -1.30. The summed E-state index contributed by atoms with van der Waals surface area (Å²) in [7, 11) is 1.77. The van der Waals surface area contributed by atoms with Crippen LogP contribution in [0, 0.1) is 0 Å². The number of benzene rings is 1. The second-order valence-electron chi connectivity index (χ2n) is 7.87. The van der Waals surface area contributed by atoms with E-state index in [-0.39, 0.29) is 5.69 Å². The van der Waals surface area contributed by atoms with Gasteiger partial charge in [0.05, 0.1) is 10.0 Å². The van der Waals surface area contributed by atoms with Crippen molar-refractivity contribution in [1.29, 1.82) is 0 Å². The maximum absolute atomic E-state index is 12.6. The number of halogens is 2. The average molecular weight is 409 g/mol. The Bertz CT molecular complexity index is 861. The molecule has 1 saturated carbocycles. The first-order chi connectivity index (χ1) is 13.0. The van der Waals surface area contributed by atoms with Gasteiger partial charge in [0, 0.05) is 25.6 Å². The molecule has 5 nitrogen and oxygen atoms in total. The Labute approximate surface area is 169 Å². The molecule has 1 aliphatic heterocycles. The Morgan fingerprint density at radius 3 is 2.44 bits per heavy atom. The van der Waals surface area contributed by atoms with Crippen LogP contribution in [0.3, 0.4) is 0 Å². The first-order valence-electron chi connectivity index (χ1n) is 9.84. The highest BCUT2D eigenvalue weighted by atomic mass is 35.5. The third-order valence-electron chi connectivity index (χ3n) is 6.01. The van der Waals surface area contributed by atoms with Crippen molar-refractivity contribution in [2.45, 2.75) is 57.0 Å². The monoisotopic (exact) mass is 408 g/mol. The molecule has 0 radical (unpaired) electrons. The first-order valence-corrected chi connectivity index (χ1v) is 10.6. The minimum atomic E-state index is 0.0511. The molecule has 0 spiro atoms. The van der Waals surface area contributed by atoms with Gasteiger partial charge in [0.25, 0.3) is 0 Å². The molecule has 2 heterocycles. The highest BCUT2D eigenvalue weighted by molar-refractivity contribution is 6.42. The summed E-state index contributed by atoms with van der Waals surface area (Å²) in [6.45, 7) is 2.88. The number of aromatic nitrogens is 3. The predicted octanol–water partition coefficient (Wildman–Crippen LogP) is 4.38. The largest absolute Gasteiger partial charge is 0.345 e. The molecule has 0 atom stereocenters. The van der Waals surface area contributed by atoms with Crippen LogP contribution in [0.1, 0.15) is 61.9 Å². The van der Waals surface area contributed by atoms with E-state index in [4.69, 9.17) is 23.2 Å². The van der Waals surface area contributed by atoms with Gasteiger partial charge in [-0.2, -0.15) is 5.10 Å². The van der Waals surface area contributed by atoms with E-state index in [1.165, 1.54) is 23.1 Å². The van der Waals surface area contributed by atoms with Crippen LogP contribution >= 0.6 is 23.2 Å². The van der Waals surface area contributed by atoms with Gasteiger partial charge in [-0.3, -0.25) is 9.47 Å². The average Bonchev–Trinajstić information content (AvgIpc) is 3.28. The first kappa shape index (κ1) is 19.0. The lowest BCUT2D eigenvalue weighted by atomic mass is 9.95. The predicted molar refractivity (Wildman–Crippen MR) is 109 cm³/mol. The van der Waals surface area contributed by atoms with E-state index < -0.39 is 0 Å². The Morgan fingerprint density at radius 2 is 1.78 bits per heavy atom. The van der Waals surface area contributed by atoms with E-state index >= 15 is 0 Å². The second kappa shape index (κ2) is 7.98. The fourth-order valence-electron chi connectivity index (χ4n) is 4.53. The van der Waals surface area contributed by atoms with Gasteiger partial charge < -0.3 is 0 Å². The van der Waals surface area contributed by atoms with Crippen LogP contribution in [0.25, 0.3) is 0 Å². The zero-order valence-corrected chi connectivity index (χ0v) is 17.2. The van der Waals surface area contributed by atoms with Crippen molar-refractivity contribution < 1.29 is 0 Å². The van der Waals surface area contributed by atoms with E-state index in [0.29, 0.717) is 22.0 Å². The SMILES string of the molecule is Cn1nc(C2CCN(Cc3ccc(Cl)c(Cl)c3)CC2)n(C2CCCC2)c1=O. The molecule has 4 rings (SSSR count). The summed E-state index contributed by atoms with van der Waals surface area (Å²) in [4.78, 5) is 15.1. The van der Waals surface area contributed by atoms with Crippen LogP contribution in [0.5, 0.6) is 0 Å². The van der Waals surface area contributed by atoms with Gasteiger partial charge >= 0.3 is 5.69 Å². The molecule has 2 aliphatic rings. The number of aryl methyl sites for hydroxylation is 1. The van der Waals surface area contributed by atoms with Gasteiger partial charge in [0.15, 0.2) is 0 Å². The Kier molecular flexibility index (Phi) is 5.62. The van der Waals surface area contributed by atoms with Crippen molar-refractivity contribution in [1.82, 2.24) is 19.2 Å². The van der Waals surface area contributed by atoms with Gasteiger partial charge in [-0.05, 0) is 56.5 Å². The van der Waals surface area contributed by atoms with Crippen LogP contribution in [0.2, 0.25) is 10.0 Å². The van der Waals surface area contributed by atoms with Crippen LogP contribution in [0.4, 0.5) is 0 Å². The minimum Gasteiger partial charge on any atom is -0.299 e. The summed E-state index contributed by atoms with van der Waals surface area (Å²) in [6, 6.07) is 6.19. The molecule has 2 aromatic rings. The summed E-state index contributed by atoms with van der Waals surface area (Å²) < 4.78 is 3.53. The van der Waals surface area contributed by atoms with Gasteiger partial charge in [-0.25, -0.2) is 9.48 Å². The summed E-state index contributed by atoms with van der Waals surface area (Å²) >= 11 is 12.1. The number of nitrogens with zero attached hydrogens (tertiary/aromatic N) is 4. The molecule has 1 saturated heterocycles. The van der Waals surface area contributed by atoms with Gasteiger partial charge in [-0.15, -0.1) is 0 Å². The number of hydrogen-bond donors (Lipinski definition) is 0. The Morgan fingerprint density at radius 1 is 1.07 bits per heavy atom. The third kappa shape index (κ3) is 3.96. The standard InChI is InChI=1S/C20H26Cl2N4O/c1-24-20(27)26(16-4-2-3-5-16)19(23-24)15-8-10-25(11-9-15)13-14-6-7-17(21)18(22)12-14/h6-7,12,15-16H,2-5,8-11,13H2,1H3. The minimum absolute atomic E-state index is 0.0511. The lowest BCUT2D eigenvalue weighted by molar-refractivity contribution is 0.198. The van der Waals surface area contributed by atoms with Crippen LogP contribution in [-0.4, -0.2) is 32.3 Å². The molecule has 7 heteroatoms. The van der Waals surface area contributed by atoms with Crippen LogP contribution < -0.4 is 5.69 Å². The molecular formula is C20H26Cl2N4O. The topological polar surface area (TPSA) is 43.1 Å². The zero-order chi connectivity index (χ0) is 19.0. The molecule has 0 unspecified atom stereocenters. The van der Waals surface area contributed by atoms with Crippen molar-refractivity contribution in [2.24, 2.45) is 7.05 Å². The summed E-state index contributed by atoms with van der Waals surface area (Å²) in [6.07, 6.45) is 6.71. The maximum Gasteiger partial charge on any atom is 0.345 e. The van der Waals surface area contributed by atoms with E-state index in [1.807, 2.05) is 22.8 Å². The molecule has 27 heavy (non-hydrogen) atoms. The van der Waals surface area contributed by atoms with E-state index in [9.17, 15) is 4.79 Å². The molecular weight excluding hydrogens is 383 g/mol. The number of piperidine rings is 1. The van der Waals surface area contributed by atoms with Crippen molar-refractivity contribution >= 4 is 23.2 Å². The molecule has 1 aliphatic carbocycles. The molecule has 2 fully saturated rings. The van der Waals surface area contributed by atoms with Crippen molar-refractivity contribution in [3.05, 3.63) is 50.1 Å². The van der Waals surface area contributed by atoms with Gasteiger partial charge in [0.1, 0.15) is 5.82 Å². The van der Waals surface area contributed by atoms with Crippen molar-refractivity contribution in [3.8, 4) is 0 Å². The summed E-state index contributed by atoms with van der Waals surface area (Å²) in [5.74, 6) is 1.37. The normalized spacial score (nSPS) is 19.8.